The Morgan fingerprint density at radius 1 is 1.14 bits per heavy atom. The van der Waals surface area contributed by atoms with Gasteiger partial charge >= 0.3 is 0 Å². The van der Waals surface area contributed by atoms with Crippen molar-refractivity contribution in [1.82, 2.24) is 9.97 Å². The van der Waals surface area contributed by atoms with Crippen molar-refractivity contribution in [2.24, 2.45) is 17.8 Å². The first kappa shape index (κ1) is 12.9. The number of nitrogens with one attached hydrogen (secondary N) is 2. The lowest BCUT2D eigenvalue weighted by atomic mass is 9.89. The maximum Gasteiger partial charge on any atom is 0.224 e. The van der Waals surface area contributed by atoms with Gasteiger partial charge in [0.2, 0.25) is 5.95 Å². The van der Waals surface area contributed by atoms with Gasteiger partial charge in [0.05, 0.1) is 5.52 Å². The highest BCUT2D eigenvalue weighted by atomic mass is 15.1. The third-order valence-corrected chi connectivity index (χ3v) is 5.24. The standard InChI is InChI=1S/C17H22N4/c1-18-17-20-15-5-3-2-4-14(15)16(21-17)19-10-13-9-11-6-7-12(13)8-11/h2-5,11-13H,6-10H2,1H3,(H2,18,19,20,21). The first-order valence-corrected chi connectivity index (χ1v) is 8.02. The highest BCUT2D eigenvalue weighted by Crippen LogP contribution is 2.48. The monoisotopic (exact) mass is 282 g/mol. The quantitative estimate of drug-likeness (QED) is 0.901. The van der Waals surface area contributed by atoms with Crippen LogP contribution in [0, 0.1) is 17.8 Å². The molecule has 1 heterocycles. The summed E-state index contributed by atoms with van der Waals surface area (Å²) in [7, 11) is 1.86. The molecule has 1 aromatic carbocycles. The van der Waals surface area contributed by atoms with Crippen molar-refractivity contribution < 1.29 is 0 Å². The Hall–Kier alpha value is -1.84. The first-order chi connectivity index (χ1) is 10.3. The van der Waals surface area contributed by atoms with Crippen molar-refractivity contribution in [3.05, 3.63) is 24.3 Å². The van der Waals surface area contributed by atoms with Gasteiger partial charge in [0, 0.05) is 19.0 Å². The van der Waals surface area contributed by atoms with E-state index in [1.165, 1.54) is 25.7 Å². The average Bonchev–Trinajstić information content (AvgIpc) is 3.15. The number of nitrogens with zero attached hydrogens (tertiary/aromatic N) is 2. The van der Waals surface area contributed by atoms with E-state index in [1.54, 1.807) is 0 Å². The minimum atomic E-state index is 0.684. The highest BCUT2D eigenvalue weighted by molar-refractivity contribution is 5.89. The van der Waals surface area contributed by atoms with E-state index in [0.717, 1.165) is 41.0 Å². The predicted molar refractivity (Wildman–Crippen MR) is 86.5 cm³/mol. The molecule has 4 nitrogen and oxygen atoms in total. The fourth-order valence-corrected chi connectivity index (χ4v) is 4.18. The van der Waals surface area contributed by atoms with E-state index in [2.05, 4.69) is 26.7 Å². The Balaban J connectivity index is 1.57. The van der Waals surface area contributed by atoms with Crippen LogP contribution < -0.4 is 10.6 Å². The second kappa shape index (κ2) is 5.17. The molecule has 2 aliphatic carbocycles. The maximum absolute atomic E-state index is 4.61. The maximum atomic E-state index is 4.61. The van der Waals surface area contributed by atoms with Gasteiger partial charge in [-0.1, -0.05) is 18.6 Å². The van der Waals surface area contributed by atoms with Crippen LogP contribution in [0.15, 0.2) is 24.3 Å². The normalized spacial score (nSPS) is 27.2. The average molecular weight is 282 g/mol. The predicted octanol–water partition coefficient (Wildman–Crippen LogP) is 3.52. The number of hydrogen-bond donors (Lipinski definition) is 2. The summed E-state index contributed by atoms with van der Waals surface area (Å²) in [6, 6.07) is 8.21. The van der Waals surface area contributed by atoms with Crippen LogP contribution in [-0.4, -0.2) is 23.6 Å². The molecule has 2 saturated carbocycles. The molecule has 21 heavy (non-hydrogen) atoms. The Morgan fingerprint density at radius 2 is 2.05 bits per heavy atom. The van der Waals surface area contributed by atoms with Crippen LogP contribution in [0.4, 0.5) is 11.8 Å². The number of para-hydroxylation sites is 1. The largest absolute Gasteiger partial charge is 0.369 e. The van der Waals surface area contributed by atoms with E-state index < -0.39 is 0 Å². The fourth-order valence-electron chi connectivity index (χ4n) is 4.18. The van der Waals surface area contributed by atoms with Gasteiger partial charge in [-0.15, -0.1) is 0 Å². The van der Waals surface area contributed by atoms with Gasteiger partial charge in [0.15, 0.2) is 0 Å². The summed E-state index contributed by atoms with van der Waals surface area (Å²) in [6.45, 7) is 1.05. The molecule has 2 bridgehead atoms. The molecule has 2 aromatic rings. The van der Waals surface area contributed by atoms with Crippen molar-refractivity contribution in [3.8, 4) is 0 Å². The summed E-state index contributed by atoms with van der Waals surface area (Å²) in [5.41, 5.74) is 0.993. The highest BCUT2D eigenvalue weighted by Gasteiger charge is 2.39. The Morgan fingerprint density at radius 3 is 2.81 bits per heavy atom. The van der Waals surface area contributed by atoms with Crippen LogP contribution in [0.2, 0.25) is 0 Å². The topological polar surface area (TPSA) is 49.8 Å². The smallest absolute Gasteiger partial charge is 0.224 e. The molecule has 4 heteroatoms. The van der Waals surface area contributed by atoms with Gasteiger partial charge in [-0.3, -0.25) is 0 Å². The molecule has 3 atom stereocenters. The van der Waals surface area contributed by atoms with Gasteiger partial charge in [0.25, 0.3) is 0 Å². The van der Waals surface area contributed by atoms with Gasteiger partial charge in [-0.05, 0) is 49.1 Å². The van der Waals surface area contributed by atoms with E-state index in [1.807, 2.05) is 25.2 Å². The van der Waals surface area contributed by atoms with Crippen molar-refractivity contribution in [3.63, 3.8) is 0 Å². The van der Waals surface area contributed by atoms with Crippen LogP contribution in [0.3, 0.4) is 0 Å². The summed E-state index contributed by atoms with van der Waals surface area (Å²) in [5, 5.41) is 7.76. The summed E-state index contributed by atoms with van der Waals surface area (Å²) < 4.78 is 0. The van der Waals surface area contributed by atoms with Gasteiger partial charge in [-0.25, -0.2) is 4.98 Å². The summed E-state index contributed by atoms with van der Waals surface area (Å²) in [4.78, 5) is 9.12. The summed E-state index contributed by atoms with van der Waals surface area (Å²) >= 11 is 0. The van der Waals surface area contributed by atoms with Gasteiger partial charge < -0.3 is 10.6 Å². The van der Waals surface area contributed by atoms with Crippen LogP contribution in [0.5, 0.6) is 0 Å². The molecular formula is C17H22N4. The van der Waals surface area contributed by atoms with Crippen molar-refractivity contribution in [2.45, 2.75) is 25.7 Å². The molecular weight excluding hydrogens is 260 g/mol. The van der Waals surface area contributed by atoms with Gasteiger partial charge in [-0.2, -0.15) is 4.98 Å². The van der Waals surface area contributed by atoms with E-state index in [-0.39, 0.29) is 0 Å². The molecule has 4 rings (SSSR count). The Kier molecular flexibility index (Phi) is 3.17. The molecule has 110 valence electrons. The third-order valence-electron chi connectivity index (χ3n) is 5.24. The molecule has 2 aliphatic rings. The molecule has 0 spiro atoms. The molecule has 0 radical (unpaired) electrons. The second-order valence-corrected chi connectivity index (χ2v) is 6.48. The zero-order valence-electron chi connectivity index (χ0n) is 12.5. The molecule has 1 aromatic heterocycles. The minimum absolute atomic E-state index is 0.684. The number of aromatic nitrogens is 2. The van der Waals surface area contributed by atoms with Crippen LogP contribution in [0.25, 0.3) is 10.9 Å². The van der Waals surface area contributed by atoms with Crippen molar-refractivity contribution >= 4 is 22.7 Å². The zero-order chi connectivity index (χ0) is 14.2. The molecule has 3 unspecified atom stereocenters. The summed E-state index contributed by atoms with van der Waals surface area (Å²) in [6.07, 6.45) is 5.75. The molecule has 0 amide bonds. The fraction of sp³-hybridized carbons (Fsp3) is 0.529. The number of benzene rings is 1. The Bertz CT molecular complexity index is 654. The molecule has 0 saturated heterocycles. The van der Waals surface area contributed by atoms with E-state index in [0.29, 0.717) is 5.95 Å². The van der Waals surface area contributed by atoms with Crippen molar-refractivity contribution in [2.75, 3.05) is 24.2 Å². The van der Waals surface area contributed by atoms with E-state index in [9.17, 15) is 0 Å². The number of anilines is 2. The Labute approximate surface area is 125 Å². The number of hydrogen-bond acceptors (Lipinski definition) is 4. The molecule has 2 N–H and O–H groups in total. The molecule has 2 fully saturated rings. The molecule has 0 aliphatic heterocycles. The minimum Gasteiger partial charge on any atom is -0.369 e. The van der Waals surface area contributed by atoms with Crippen LogP contribution >= 0.6 is 0 Å². The van der Waals surface area contributed by atoms with Gasteiger partial charge in [0.1, 0.15) is 5.82 Å². The van der Waals surface area contributed by atoms with Crippen LogP contribution in [0.1, 0.15) is 25.7 Å². The zero-order valence-corrected chi connectivity index (χ0v) is 12.5. The third kappa shape index (κ3) is 2.33. The lowest BCUT2D eigenvalue weighted by Gasteiger charge is -2.22. The second-order valence-electron chi connectivity index (χ2n) is 6.48. The number of rotatable bonds is 4. The van der Waals surface area contributed by atoms with Crippen molar-refractivity contribution in [1.29, 1.82) is 0 Å². The lowest BCUT2D eigenvalue weighted by molar-refractivity contribution is 0.348. The number of fused-ring (bicyclic) bond motifs is 3. The SMILES string of the molecule is CNc1nc(NCC2CC3CCC2C3)c2ccccc2n1. The van der Waals surface area contributed by atoms with E-state index >= 15 is 0 Å². The van der Waals surface area contributed by atoms with Crippen LogP contribution in [-0.2, 0) is 0 Å². The summed E-state index contributed by atoms with van der Waals surface area (Å²) in [5.74, 6) is 4.42. The van der Waals surface area contributed by atoms with E-state index in [4.69, 9.17) is 0 Å². The first-order valence-electron chi connectivity index (χ1n) is 8.02. The lowest BCUT2D eigenvalue weighted by Crippen LogP contribution is -2.20.